The molecule has 1 aromatic carbocycles. The molecule has 3 rings (SSSR count). The molecule has 2 aromatic rings. The number of nitrogens with zero attached hydrogens (tertiary/aromatic N) is 1. The maximum absolute atomic E-state index is 10.5. The van der Waals surface area contributed by atoms with Crippen LogP contribution in [0.15, 0.2) is 18.2 Å². The average molecular weight is 307 g/mol. The van der Waals surface area contributed by atoms with Crippen molar-refractivity contribution in [3.05, 3.63) is 28.6 Å². The fourth-order valence-electron chi connectivity index (χ4n) is 2.15. The van der Waals surface area contributed by atoms with Gasteiger partial charge in [-0.2, -0.15) is 0 Å². The van der Waals surface area contributed by atoms with Gasteiger partial charge in [-0.3, -0.25) is 0 Å². The standard InChI is InChI=1S/C14H17N3O3S/c1-2-16-14-17-13(15)12(21-14)11(18)8-3-4-9-10(7-8)20-6-5-19-9/h3-4,7,11,18H,2,5-6,15H2,1H3,(H,16,17). The molecule has 1 unspecified atom stereocenters. The van der Waals surface area contributed by atoms with Gasteiger partial charge in [0, 0.05) is 6.54 Å². The van der Waals surface area contributed by atoms with Gasteiger partial charge in [0.25, 0.3) is 0 Å². The maximum Gasteiger partial charge on any atom is 0.185 e. The van der Waals surface area contributed by atoms with Crippen molar-refractivity contribution in [2.45, 2.75) is 13.0 Å². The Morgan fingerprint density at radius 2 is 2.14 bits per heavy atom. The third-order valence-electron chi connectivity index (χ3n) is 3.14. The molecular formula is C14H17N3O3S. The third kappa shape index (κ3) is 2.74. The van der Waals surface area contributed by atoms with Gasteiger partial charge in [0.05, 0.1) is 4.88 Å². The van der Waals surface area contributed by atoms with Crippen molar-refractivity contribution in [1.29, 1.82) is 0 Å². The lowest BCUT2D eigenvalue weighted by atomic mass is 10.1. The molecule has 1 atom stereocenters. The summed E-state index contributed by atoms with van der Waals surface area (Å²) in [6.07, 6.45) is -0.828. The summed E-state index contributed by atoms with van der Waals surface area (Å²) in [6.45, 7) is 3.80. The zero-order valence-electron chi connectivity index (χ0n) is 11.6. The van der Waals surface area contributed by atoms with Crippen molar-refractivity contribution >= 4 is 22.3 Å². The fraction of sp³-hybridized carbons (Fsp3) is 0.357. The highest BCUT2D eigenvalue weighted by Gasteiger charge is 2.21. The summed E-state index contributed by atoms with van der Waals surface area (Å²) in [6, 6.07) is 5.39. The summed E-state index contributed by atoms with van der Waals surface area (Å²) >= 11 is 1.36. The van der Waals surface area contributed by atoms with Gasteiger partial charge in [0.2, 0.25) is 0 Å². The van der Waals surface area contributed by atoms with Gasteiger partial charge in [0.15, 0.2) is 16.6 Å². The first kappa shape index (κ1) is 14.0. The summed E-state index contributed by atoms with van der Waals surface area (Å²) in [5.41, 5.74) is 6.60. The Labute approximate surface area is 126 Å². The van der Waals surface area contributed by atoms with Crippen LogP contribution in [-0.2, 0) is 0 Å². The summed E-state index contributed by atoms with van der Waals surface area (Å²) < 4.78 is 11.0. The van der Waals surface area contributed by atoms with E-state index in [2.05, 4.69) is 10.3 Å². The van der Waals surface area contributed by atoms with Crippen molar-refractivity contribution in [3.63, 3.8) is 0 Å². The fourth-order valence-corrected chi connectivity index (χ4v) is 3.11. The summed E-state index contributed by atoms with van der Waals surface area (Å²) in [5.74, 6) is 1.69. The highest BCUT2D eigenvalue weighted by Crippen LogP contribution is 2.38. The van der Waals surface area contributed by atoms with E-state index in [1.165, 1.54) is 11.3 Å². The first-order valence-electron chi connectivity index (χ1n) is 6.76. The number of thiazole rings is 1. The molecule has 7 heteroatoms. The quantitative estimate of drug-likeness (QED) is 0.800. The molecule has 6 nitrogen and oxygen atoms in total. The number of nitrogens with one attached hydrogen (secondary N) is 1. The van der Waals surface area contributed by atoms with Gasteiger partial charge in [-0.1, -0.05) is 17.4 Å². The zero-order chi connectivity index (χ0) is 14.8. The van der Waals surface area contributed by atoms with E-state index in [0.717, 1.165) is 6.54 Å². The monoisotopic (exact) mass is 307 g/mol. The molecule has 1 aliphatic rings. The largest absolute Gasteiger partial charge is 0.486 e. The zero-order valence-corrected chi connectivity index (χ0v) is 12.4. The Kier molecular flexibility index (Phi) is 3.85. The Hall–Kier alpha value is -1.99. The van der Waals surface area contributed by atoms with E-state index in [9.17, 15) is 5.11 Å². The number of aliphatic hydroxyl groups excluding tert-OH is 1. The van der Waals surface area contributed by atoms with Crippen LogP contribution >= 0.6 is 11.3 Å². The molecule has 0 amide bonds. The number of fused-ring (bicyclic) bond motifs is 1. The number of aliphatic hydroxyl groups is 1. The van der Waals surface area contributed by atoms with Crippen LogP contribution in [0.1, 0.15) is 23.5 Å². The number of hydrogen-bond acceptors (Lipinski definition) is 7. The highest BCUT2D eigenvalue weighted by atomic mass is 32.1. The Bertz CT molecular complexity index is 644. The Morgan fingerprint density at radius 1 is 1.38 bits per heavy atom. The van der Waals surface area contributed by atoms with Crippen molar-refractivity contribution < 1.29 is 14.6 Å². The molecule has 0 saturated carbocycles. The Morgan fingerprint density at radius 3 is 2.90 bits per heavy atom. The molecule has 0 fully saturated rings. The molecule has 0 bridgehead atoms. The molecule has 0 saturated heterocycles. The van der Waals surface area contributed by atoms with Crippen LogP contribution in [0.5, 0.6) is 11.5 Å². The minimum absolute atomic E-state index is 0.346. The van der Waals surface area contributed by atoms with E-state index in [0.29, 0.717) is 46.1 Å². The van der Waals surface area contributed by atoms with Crippen molar-refractivity contribution in [3.8, 4) is 11.5 Å². The maximum atomic E-state index is 10.5. The second-order valence-electron chi connectivity index (χ2n) is 4.60. The van der Waals surface area contributed by atoms with Gasteiger partial charge in [0.1, 0.15) is 25.1 Å². The lowest BCUT2D eigenvalue weighted by Gasteiger charge is -2.20. The van der Waals surface area contributed by atoms with E-state index in [1.807, 2.05) is 13.0 Å². The van der Waals surface area contributed by atoms with Crippen LogP contribution in [0.3, 0.4) is 0 Å². The van der Waals surface area contributed by atoms with E-state index < -0.39 is 6.10 Å². The predicted octanol–water partition coefficient (Wildman–Crippen LogP) is 2.01. The second-order valence-corrected chi connectivity index (χ2v) is 5.64. The number of benzene rings is 1. The number of nitrogens with two attached hydrogens (primary N) is 1. The smallest absolute Gasteiger partial charge is 0.185 e. The van der Waals surface area contributed by atoms with Crippen LogP contribution in [0.25, 0.3) is 0 Å². The van der Waals surface area contributed by atoms with Crippen LogP contribution < -0.4 is 20.5 Å². The van der Waals surface area contributed by atoms with Gasteiger partial charge < -0.3 is 25.6 Å². The topological polar surface area (TPSA) is 89.6 Å². The van der Waals surface area contributed by atoms with Crippen molar-refractivity contribution in [1.82, 2.24) is 4.98 Å². The molecule has 0 spiro atoms. The molecule has 2 heterocycles. The average Bonchev–Trinajstić information content (AvgIpc) is 2.87. The van der Waals surface area contributed by atoms with Crippen LogP contribution in [0.2, 0.25) is 0 Å². The summed E-state index contributed by atoms with van der Waals surface area (Å²) in [7, 11) is 0. The number of hydrogen-bond donors (Lipinski definition) is 3. The highest BCUT2D eigenvalue weighted by molar-refractivity contribution is 7.16. The van der Waals surface area contributed by atoms with E-state index in [-0.39, 0.29) is 0 Å². The predicted molar refractivity (Wildman–Crippen MR) is 82.2 cm³/mol. The lowest BCUT2D eigenvalue weighted by Crippen LogP contribution is -2.15. The van der Waals surface area contributed by atoms with Gasteiger partial charge in [-0.25, -0.2) is 4.98 Å². The molecule has 1 aliphatic heterocycles. The first-order valence-corrected chi connectivity index (χ1v) is 7.58. The van der Waals surface area contributed by atoms with Crippen molar-refractivity contribution in [2.75, 3.05) is 30.8 Å². The number of rotatable bonds is 4. The molecule has 21 heavy (non-hydrogen) atoms. The van der Waals surface area contributed by atoms with Crippen LogP contribution in [0, 0.1) is 0 Å². The first-order chi connectivity index (χ1) is 10.2. The third-order valence-corrected chi connectivity index (χ3v) is 4.22. The van der Waals surface area contributed by atoms with Gasteiger partial charge >= 0.3 is 0 Å². The van der Waals surface area contributed by atoms with E-state index in [4.69, 9.17) is 15.2 Å². The molecule has 112 valence electrons. The molecule has 0 radical (unpaired) electrons. The second kappa shape index (κ2) is 5.79. The van der Waals surface area contributed by atoms with Crippen molar-refractivity contribution in [2.24, 2.45) is 0 Å². The normalized spacial score (nSPS) is 14.8. The number of aromatic nitrogens is 1. The van der Waals surface area contributed by atoms with Gasteiger partial charge in [-0.15, -0.1) is 0 Å². The van der Waals surface area contributed by atoms with E-state index in [1.54, 1.807) is 12.1 Å². The van der Waals surface area contributed by atoms with Crippen LogP contribution in [-0.4, -0.2) is 29.8 Å². The molecule has 4 N–H and O–H groups in total. The van der Waals surface area contributed by atoms with Crippen LogP contribution in [0.4, 0.5) is 10.9 Å². The van der Waals surface area contributed by atoms with E-state index >= 15 is 0 Å². The molecular weight excluding hydrogens is 290 g/mol. The van der Waals surface area contributed by atoms with Gasteiger partial charge in [-0.05, 0) is 24.6 Å². The SMILES string of the molecule is CCNc1nc(N)c(C(O)c2ccc3c(c2)OCCO3)s1. The number of anilines is 2. The summed E-state index contributed by atoms with van der Waals surface area (Å²) in [5, 5.41) is 14.3. The Balaban J connectivity index is 1.89. The molecule has 0 aliphatic carbocycles. The summed E-state index contributed by atoms with van der Waals surface area (Å²) in [4.78, 5) is 4.83. The lowest BCUT2D eigenvalue weighted by molar-refractivity contribution is 0.170. The number of nitrogen functional groups attached to an aromatic ring is 1. The minimum Gasteiger partial charge on any atom is -0.486 e. The number of ether oxygens (including phenoxy) is 2. The minimum atomic E-state index is -0.828. The molecule has 1 aromatic heterocycles.